The Morgan fingerprint density at radius 3 is 2.60 bits per heavy atom. The second-order valence-electron chi connectivity index (χ2n) is 3.32. The third-order valence-electron chi connectivity index (χ3n) is 2.47. The van der Waals surface area contributed by atoms with E-state index >= 15 is 0 Å². The summed E-state index contributed by atoms with van der Waals surface area (Å²) in [5.74, 6) is -1.15. The van der Waals surface area contributed by atoms with Gasteiger partial charge in [-0.3, -0.25) is 4.79 Å². The number of aromatic nitrogens is 1. The number of hydrogen-bond acceptors (Lipinski definition) is 2. The molecule has 0 aliphatic carbocycles. The molecule has 80 valence electrons. The molecule has 0 unspecified atom stereocenters. The van der Waals surface area contributed by atoms with Crippen molar-refractivity contribution in [3.8, 4) is 0 Å². The summed E-state index contributed by atoms with van der Waals surface area (Å²) < 4.78 is 1.39. The van der Waals surface area contributed by atoms with Crippen LogP contribution in [-0.2, 0) is 13.0 Å². The Bertz CT molecular complexity index is 507. The molecule has 1 aromatic rings. The molecular formula is C9H7Cl2NO3. The second kappa shape index (κ2) is 3.54. The number of fused-ring (bicyclic) bond motifs is 1. The highest BCUT2D eigenvalue weighted by molar-refractivity contribution is 6.43. The van der Waals surface area contributed by atoms with Crippen LogP contribution in [0.1, 0.15) is 22.5 Å². The van der Waals surface area contributed by atoms with E-state index in [1.807, 2.05) is 0 Å². The molecule has 4 nitrogen and oxygen atoms in total. The van der Waals surface area contributed by atoms with Gasteiger partial charge in [-0.25, -0.2) is 4.79 Å². The summed E-state index contributed by atoms with van der Waals surface area (Å²) in [6.07, 6.45) is 1.29. The van der Waals surface area contributed by atoms with Crippen molar-refractivity contribution in [3.63, 3.8) is 0 Å². The Kier molecular flexibility index (Phi) is 2.48. The lowest BCUT2D eigenvalue weighted by atomic mass is 10.1. The highest BCUT2D eigenvalue weighted by Gasteiger charge is 2.26. The summed E-state index contributed by atoms with van der Waals surface area (Å²) in [5, 5.41) is 8.63. The maximum atomic E-state index is 11.6. The molecule has 6 heteroatoms. The van der Waals surface area contributed by atoms with Crippen molar-refractivity contribution in [2.75, 3.05) is 0 Å². The van der Waals surface area contributed by atoms with Gasteiger partial charge in [0.1, 0.15) is 5.02 Å². The van der Waals surface area contributed by atoms with E-state index in [1.54, 1.807) is 0 Å². The smallest absolute Gasteiger partial charge is 0.339 e. The molecule has 0 spiro atoms. The molecule has 15 heavy (non-hydrogen) atoms. The zero-order chi connectivity index (χ0) is 11.2. The van der Waals surface area contributed by atoms with Crippen LogP contribution < -0.4 is 5.56 Å². The van der Waals surface area contributed by atoms with Gasteiger partial charge in [0.15, 0.2) is 0 Å². The third kappa shape index (κ3) is 1.44. The molecular weight excluding hydrogens is 241 g/mol. The van der Waals surface area contributed by atoms with Crippen molar-refractivity contribution in [2.24, 2.45) is 0 Å². The first-order valence-electron chi connectivity index (χ1n) is 4.38. The molecule has 0 aromatic carbocycles. The number of hydrogen-bond donors (Lipinski definition) is 1. The van der Waals surface area contributed by atoms with Crippen LogP contribution in [-0.4, -0.2) is 15.6 Å². The number of carboxylic acid groups (broad SMARTS) is 1. The lowest BCUT2D eigenvalue weighted by Crippen LogP contribution is -2.23. The summed E-state index contributed by atoms with van der Waals surface area (Å²) in [7, 11) is 0. The number of nitrogens with zero attached hydrogens (tertiary/aromatic N) is 1. The van der Waals surface area contributed by atoms with Crippen LogP contribution >= 0.6 is 23.2 Å². The van der Waals surface area contributed by atoms with E-state index in [0.717, 1.165) is 6.42 Å². The zero-order valence-electron chi connectivity index (χ0n) is 7.59. The van der Waals surface area contributed by atoms with Gasteiger partial charge >= 0.3 is 5.97 Å². The third-order valence-corrected chi connectivity index (χ3v) is 3.29. The van der Waals surface area contributed by atoms with E-state index < -0.39 is 11.5 Å². The van der Waals surface area contributed by atoms with E-state index in [1.165, 1.54) is 4.57 Å². The fourth-order valence-corrected chi connectivity index (χ4v) is 2.29. The van der Waals surface area contributed by atoms with E-state index in [9.17, 15) is 9.59 Å². The summed E-state index contributed by atoms with van der Waals surface area (Å²) >= 11 is 11.4. The highest BCUT2D eigenvalue weighted by atomic mass is 35.5. The molecule has 0 saturated carbocycles. The van der Waals surface area contributed by atoms with Crippen LogP contribution in [0.2, 0.25) is 10.0 Å². The predicted octanol–water partition coefficient (Wildman–Crippen LogP) is 1.80. The minimum Gasteiger partial charge on any atom is -0.478 e. The Labute approximate surface area is 95.0 Å². The summed E-state index contributed by atoms with van der Waals surface area (Å²) in [6.45, 7) is 0.505. The van der Waals surface area contributed by atoms with Crippen molar-refractivity contribution < 1.29 is 9.90 Å². The van der Waals surface area contributed by atoms with Crippen molar-refractivity contribution >= 4 is 29.2 Å². The van der Waals surface area contributed by atoms with Gasteiger partial charge in [-0.05, 0) is 12.8 Å². The highest BCUT2D eigenvalue weighted by Crippen LogP contribution is 2.28. The molecule has 0 atom stereocenters. The van der Waals surface area contributed by atoms with Crippen molar-refractivity contribution in [2.45, 2.75) is 19.4 Å². The largest absolute Gasteiger partial charge is 0.478 e. The summed E-state index contributed by atoms with van der Waals surface area (Å²) in [5.41, 5.74) is 0.0276. The number of aromatic carboxylic acids is 1. The standard InChI is InChI=1S/C9H7Cl2NO3/c10-6-5(9(14)15)4-2-1-3-12(4)8(13)7(6)11/h1-3H2,(H,14,15). The van der Waals surface area contributed by atoms with E-state index in [0.29, 0.717) is 18.7 Å². The van der Waals surface area contributed by atoms with Gasteiger partial charge in [0, 0.05) is 12.2 Å². The van der Waals surface area contributed by atoms with E-state index in [2.05, 4.69) is 0 Å². The van der Waals surface area contributed by atoms with Gasteiger partial charge in [0.2, 0.25) is 0 Å². The maximum absolute atomic E-state index is 11.6. The molecule has 1 aliphatic rings. The Morgan fingerprint density at radius 1 is 1.33 bits per heavy atom. The van der Waals surface area contributed by atoms with Crippen LogP contribution in [0.15, 0.2) is 4.79 Å². The molecule has 0 amide bonds. The minimum absolute atomic E-state index is 0.0428. The van der Waals surface area contributed by atoms with Crippen molar-refractivity contribution in [1.82, 2.24) is 4.57 Å². The van der Waals surface area contributed by atoms with Gasteiger partial charge in [0.25, 0.3) is 5.56 Å². The number of rotatable bonds is 1. The number of halogens is 2. The second-order valence-corrected chi connectivity index (χ2v) is 4.07. The number of pyridine rings is 1. The molecule has 1 aliphatic heterocycles. The maximum Gasteiger partial charge on any atom is 0.339 e. The topological polar surface area (TPSA) is 59.3 Å². The normalized spacial score (nSPS) is 14.0. The predicted molar refractivity (Wildman–Crippen MR) is 56.0 cm³/mol. The quantitative estimate of drug-likeness (QED) is 0.824. The van der Waals surface area contributed by atoms with E-state index in [-0.39, 0.29) is 15.6 Å². The van der Waals surface area contributed by atoms with Crippen LogP contribution in [0, 0.1) is 0 Å². The lowest BCUT2D eigenvalue weighted by molar-refractivity contribution is 0.0695. The SMILES string of the molecule is O=C(O)c1c(Cl)c(Cl)c(=O)n2c1CCC2. The van der Waals surface area contributed by atoms with Gasteiger partial charge in [-0.2, -0.15) is 0 Å². The number of carbonyl (C=O) groups is 1. The average molecular weight is 248 g/mol. The van der Waals surface area contributed by atoms with Crippen molar-refractivity contribution in [1.29, 1.82) is 0 Å². The molecule has 1 N–H and O–H groups in total. The van der Waals surface area contributed by atoms with Crippen molar-refractivity contribution in [3.05, 3.63) is 31.7 Å². The molecule has 0 bridgehead atoms. The average Bonchev–Trinajstić information content (AvgIpc) is 2.62. The van der Waals surface area contributed by atoms with E-state index in [4.69, 9.17) is 28.3 Å². The summed E-state index contributed by atoms with van der Waals surface area (Å²) in [4.78, 5) is 22.6. The van der Waals surface area contributed by atoms with Crippen LogP contribution in [0.5, 0.6) is 0 Å². The van der Waals surface area contributed by atoms with Crippen LogP contribution in [0.3, 0.4) is 0 Å². The number of carboxylic acids is 1. The zero-order valence-corrected chi connectivity index (χ0v) is 9.10. The monoisotopic (exact) mass is 247 g/mol. The molecule has 0 saturated heterocycles. The molecule has 1 aromatic heterocycles. The van der Waals surface area contributed by atoms with Gasteiger partial charge in [0.05, 0.1) is 10.6 Å². The Balaban J connectivity index is 2.87. The van der Waals surface area contributed by atoms with Crippen LogP contribution in [0.4, 0.5) is 0 Å². The first kappa shape index (κ1) is 10.5. The molecule has 2 rings (SSSR count). The first-order valence-corrected chi connectivity index (χ1v) is 5.13. The van der Waals surface area contributed by atoms with Gasteiger partial charge in [-0.15, -0.1) is 0 Å². The lowest BCUT2D eigenvalue weighted by Gasteiger charge is -2.09. The molecule has 0 radical (unpaired) electrons. The molecule has 0 fully saturated rings. The Morgan fingerprint density at radius 2 is 2.00 bits per heavy atom. The van der Waals surface area contributed by atoms with Crippen LogP contribution in [0.25, 0.3) is 0 Å². The molecule has 2 heterocycles. The fraction of sp³-hybridized carbons (Fsp3) is 0.333. The fourth-order valence-electron chi connectivity index (χ4n) is 1.82. The summed E-state index contributed by atoms with van der Waals surface area (Å²) in [6, 6.07) is 0. The Hall–Kier alpha value is -1.00. The van der Waals surface area contributed by atoms with Gasteiger partial charge < -0.3 is 9.67 Å². The first-order chi connectivity index (χ1) is 7.04. The van der Waals surface area contributed by atoms with Gasteiger partial charge in [-0.1, -0.05) is 23.2 Å². The minimum atomic E-state index is -1.15.